The third kappa shape index (κ3) is 3.61. The van der Waals surface area contributed by atoms with Crippen molar-refractivity contribution >= 4 is 34.9 Å². The zero-order chi connectivity index (χ0) is 9.68. The van der Waals surface area contributed by atoms with E-state index in [0.29, 0.717) is 16.7 Å². The molecule has 0 atom stereocenters. The minimum Gasteiger partial charge on any atom is -0.311 e. The van der Waals surface area contributed by atoms with Gasteiger partial charge in [-0.1, -0.05) is 11.6 Å². The fraction of sp³-hybridized carbons (Fsp3) is 0.250. The summed E-state index contributed by atoms with van der Waals surface area (Å²) in [5.74, 6) is 0.583. The molecule has 0 aliphatic heterocycles. The first-order valence-electron chi connectivity index (χ1n) is 3.70. The minimum atomic E-state index is -0.162. The van der Waals surface area contributed by atoms with Crippen LogP contribution in [0.15, 0.2) is 18.3 Å². The van der Waals surface area contributed by atoms with Crippen molar-refractivity contribution in [3.05, 3.63) is 23.4 Å². The maximum atomic E-state index is 11.0. The van der Waals surface area contributed by atoms with Crippen LogP contribution >= 0.6 is 23.2 Å². The van der Waals surface area contributed by atoms with Gasteiger partial charge in [-0.3, -0.25) is 4.79 Å². The molecule has 1 aromatic rings. The summed E-state index contributed by atoms with van der Waals surface area (Å²) in [6.07, 6.45) is 1.80. The molecule has 1 rings (SSSR count). The van der Waals surface area contributed by atoms with Crippen molar-refractivity contribution in [1.29, 1.82) is 0 Å². The molecule has 0 aromatic carbocycles. The van der Waals surface area contributed by atoms with Crippen LogP contribution < -0.4 is 5.32 Å². The first-order chi connectivity index (χ1) is 6.22. The molecule has 0 saturated carbocycles. The van der Waals surface area contributed by atoms with Crippen LogP contribution in [0.2, 0.25) is 5.02 Å². The van der Waals surface area contributed by atoms with Crippen LogP contribution in [-0.4, -0.2) is 16.8 Å². The summed E-state index contributed by atoms with van der Waals surface area (Å²) in [5, 5.41) is 3.10. The number of rotatable bonds is 3. The van der Waals surface area contributed by atoms with E-state index in [4.69, 9.17) is 23.2 Å². The molecule has 0 radical (unpaired) electrons. The third-order valence-corrected chi connectivity index (χ3v) is 1.74. The first-order valence-corrected chi connectivity index (χ1v) is 4.61. The molecule has 13 heavy (non-hydrogen) atoms. The van der Waals surface area contributed by atoms with E-state index in [1.165, 1.54) is 6.20 Å². The van der Waals surface area contributed by atoms with Gasteiger partial charge in [-0.15, -0.1) is 11.6 Å². The van der Waals surface area contributed by atoms with E-state index < -0.39 is 0 Å². The molecule has 0 unspecified atom stereocenters. The Balaban J connectivity index is 2.58. The largest absolute Gasteiger partial charge is 0.311 e. The lowest BCUT2D eigenvalue weighted by molar-refractivity contribution is -0.115. The predicted molar refractivity (Wildman–Crippen MR) is 53.2 cm³/mol. The normalized spacial score (nSPS) is 9.69. The van der Waals surface area contributed by atoms with Gasteiger partial charge in [-0.2, -0.15) is 0 Å². The van der Waals surface area contributed by atoms with Crippen LogP contribution in [0.25, 0.3) is 0 Å². The van der Waals surface area contributed by atoms with Crippen LogP contribution in [0, 0.1) is 0 Å². The molecule has 0 saturated heterocycles. The SMILES string of the molecule is O=C(CCCl)Nc1cc(Cl)ccn1. The number of aromatic nitrogens is 1. The minimum absolute atomic E-state index is 0.162. The van der Waals surface area contributed by atoms with Gasteiger partial charge >= 0.3 is 0 Å². The number of carbonyl (C=O) groups excluding carboxylic acids is 1. The van der Waals surface area contributed by atoms with Gasteiger partial charge in [0.15, 0.2) is 0 Å². The van der Waals surface area contributed by atoms with Crippen molar-refractivity contribution in [3.8, 4) is 0 Å². The summed E-state index contributed by atoms with van der Waals surface area (Å²) in [4.78, 5) is 14.9. The monoisotopic (exact) mass is 218 g/mol. The number of nitrogens with one attached hydrogen (secondary N) is 1. The Morgan fingerprint density at radius 1 is 1.62 bits per heavy atom. The quantitative estimate of drug-likeness (QED) is 0.792. The number of halogens is 2. The Hall–Kier alpha value is -0.800. The van der Waals surface area contributed by atoms with Gasteiger partial charge in [0.05, 0.1) is 0 Å². The summed E-state index contributed by atoms with van der Waals surface area (Å²) in [7, 11) is 0. The maximum Gasteiger partial charge on any atom is 0.226 e. The molecule has 1 heterocycles. The number of hydrogen-bond acceptors (Lipinski definition) is 2. The molecule has 3 nitrogen and oxygen atoms in total. The van der Waals surface area contributed by atoms with Crippen LogP contribution in [0.3, 0.4) is 0 Å². The molecule has 1 N–H and O–H groups in total. The standard InChI is InChI=1S/C8H8Cl2N2O/c9-3-1-8(13)12-7-5-6(10)2-4-11-7/h2,4-5H,1,3H2,(H,11,12,13). The van der Waals surface area contributed by atoms with Crippen molar-refractivity contribution in [2.24, 2.45) is 0 Å². The number of hydrogen-bond donors (Lipinski definition) is 1. The van der Waals surface area contributed by atoms with E-state index in [0.717, 1.165) is 0 Å². The summed E-state index contributed by atoms with van der Waals surface area (Å²) in [5.41, 5.74) is 0. The topological polar surface area (TPSA) is 42.0 Å². The molecule has 1 aromatic heterocycles. The highest BCUT2D eigenvalue weighted by Crippen LogP contribution is 2.11. The second kappa shape index (κ2) is 5.04. The second-order valence-electron chi connectivity index (χ2n) is 2.35. The van der Waals surface area contributed by atoms with E-state index in [9.17, 15) is 4.79 Å². The van der Waals surface area contributed by atoms with E-state index in [-0.39, 0.29) is 12.3 Å². The van der Waals surface area contributed by atoms with Crippen LogP contribution in [0.4, 0.5) is 5.82 Å². The average Bonchev–Trinajstić information content (AvgIpc) is 2.04. The molecule has 0 aliphatic carbocycles. The van der Waals surface area contributed by atoms with Gasteiger partial charge < -0.3 is 5.32 Å². The first kappa shape index (κ1) is 10.3. The Labute approximate surface area is 86.1 Å². The smallest absolute Gasteiger partial charge is 0.226 e. The van der Waals surface area contributed by atoms with Gasteiger partial charge in [0.25, 0.3) is 0 Å². The molecule has 0 spiro atoms. The molecule has 0 bridgehead atoms. The van der Waals surface area contributed by atoms with Crippen molar-refractivity contribution in [2.45, 2.75) is 6.42 Å². The molecule has 0 fully saturated rings. The Morgan fingerprint density at radius 2 is 2.38 bits per heavy atom. The van der Waals surface area contributed by atoms with Crippen LogP contribution in [0.5, 0.6) is 0 Å². The highest BCUT2D eigenvalue weighted by molar-refractivity contribution is 6.30. The number of alkyl halides is 1. The summed E-state index contributed by atoms with van der Waals surface area (Å²) < 4.78 is 0. The Kier molecular flexibility index (Phi) is 3.99. The van der Waals surface area contributed by atoms with Gasteiger partial charge in [0, 0.05) is 23.5 Å². The highest BCUT2D eigenvalue weighted by atomic mass is 35.5. The van der Waals surface area contributed by atoms with E-state index in [1.54, 1.807) is 12.1 Å². The van der Waals surface area contributed by atoms with E-state index >= 15 is 0 Å². The fourth-order valence-electron chi connectivity index (χ4n) is 0.764. The van der Waals surface area contributed by atoms with Gasteiger partial charge in [0.1, 0.15) is 5.82 Å². The maximum absolute atomic E-state index is 11.0. The average molecular weight is 219 g/mol. The zero-order valence-electron chi connectivity index (χ0n) is 6.76. The van der Waals surface area contributed by atoms with E-state index in [1.807, 2.05) is 0 Å². The fourth-order valence-corrected chi connectivity index (χ4v) is 1.10. The zero-order valence-corrected chi connectivity index (χ0v) is 8.27. The van der Waals surface area contributed by atoms with Gasteiger partial charge in [-0.25, -0.2) is 4.98 Å². The number of amides is 1. The highest BCUT2D eigenvalue weighted by Gasteiger charge is 2.01. The van der Waals surface area contributed by atoms with Crippen LogP contribution in [0.1, 0.15) is 6.42 Å². The molecule has 70 valence electrons. The van der Waals surface area contributed by atoms with Gasteiger partial charge in [0.2, 0.25) is 5.91 Å². The summed E-state index contributed by atoms with van der Waals surface area (Å²) in [6, 6.07) is 3.21. The lowest BCUT2D eigenvalue weighted by atomic mass is 10.4. The van der Waals surface area contributed by atoms with Crippen molar-refractivity contribution in [2.75, 3.05) is 11.2 Å². The van der Waals surface area contributed by atoms with Crippen LogP contribution in [-0.2, 0) is 4.79 Å². The number of anilines is 1. The Bertz CT molecular complexity index is 304. The lowest BCUT2D eigenvalue weighted by Gasteiger charge is -2.01. The summed E-state index contributed by atoms with van der Waals surface area (Å²) >= 11 is 11.1. The Morgan fingerprint density at radius 3 is 3.00 bits per heavy atom. The molecule has 5 heteroatoms. The molecule has 0 aliphatic rings. The number of carbonyl (C=O) groups is 1. The van der Waals surface area contributed by atoms with Crippen molar-refractivity contribution < 1.29 is 4.79 Å². The summed E-state index contributed by atoms with van der Waals surface area (Å²) in [6.45, 7) is 0. The van der Waals surface area contributed by atoms with Crippen molar-refractivity contribution in [3.63, 3.8) is 0 Å². The number of pyridine rings is 1. The molecule has 1 amide bonds. The number of nitrogens with zero attached hydrogens (tertiary/aromatic N) is 1. The second-order valence-corrected chi connectivity index (χ2v) is 3.16. The predicted octanol–water partition coefficient (Wildman–Crippen LogP) is 2.30. The van der Waals surface area contributed by atoms with E-state index in [2.05, 4.69) is 10.3 Å². The lowest BCUT2D eigenvalue weighted by Crippen LogP contribution is -2.12. The third-order valence-electron chi connectivity index (χ3n) is 1.31. The van der Waals surface area contributed by atoms with Gasteiger partial charge in [-0.05, 0) is 12.1 Å². The molecular formula is C8H8Cl2N2O. The molecular weight excluding hydrogens is 211 g/mol. The van der Waals surface area contributed by atoms with Crippen molar-refractivity contribution in [1.82, 2.24) is 4.98 Å².